The van der Waals surface area contributed by atoms with E-state index in [0.717, 1.165) is 37.8 Å². The third-order valence-corrected chi connectivity index (χ3v) is 5.26. The SMILES string of the molecule is CC(C(=O)Nc1cccc(F)c1)N1CCN(c2ccnc(C3CC3)n2)CC1. The Hall–Kier alpha value is -2.54. The highest BCUT2D eigenvalue weighted by Gasteiger charge is 2.29. The molecule has 0 radical (unpaired) electrons. The molecule has 1 aromatic heterocycles. The van der Waals surface area contributed by atoms with Crippen LogP contribution >= 0.6 is 0 Å². The van der Waals surface area contributed by atoms with E-state index in [1.54, 1.807) is 12.1 Å². The van der Waals surface area contributed by atoms with Crippen LogP contribution in [0.1, 0.15) is 31.5 Å². The van der Waals surface area contributed by atoms with Crippen molar-refractivity contribution in [3.8, 4) is 0 Å². The maximum absolute atomic E-state index is 13.3. The van der Waals surface area contributed by atoms with Gasteiger partial charge in [0.05, 0.1) is 6.04 Å². The molecule has 1 atom stereocenters. The molecule has 1 saturated carbocycles. The Morgan fingerprint density at radius 2 is 2.00 bits per heavy atom. The summed E-state index contributed by atoms with van der Waals surface area (Å²) in [6.07, 6.45) is 4.22. The van der Waals surface area contributed by atoms with Gasteiger partial charge in [-0.25, -0.2) is 14.4 Å². The van der Waals surface area contributed by atoms with Crippen molar-refractivity contribution in [2.24, 2.45) is 0 Å². The minimum absolute atomic E-state index is 0.118. The summed E-state index contributed by atoms with van der Waals surface area (Å²) in [5.41, 5.74) is 0.485. The number of rotatable bonds is 5. The molecule has 142 valence electrons. The fraction of sp³-hybridized carbons (Fsp3) is 0.450. The summed E-state index contributed by atoms with van der Waals surface area (Å²) in [6, 6.07) is 7.66. The molecule has 2 aromatic rings. The van der Waals surface area contributed by atoms with Gasteiger partial charge >= 0.3 is 0 Å². The Balaban J connectivity index is 1.33. The molecule has 2 fully saturated rings. The lowest BCUT2D eigenvalue weighted by atomic mass is 10.2. The van der Waals surface area contributed by atoms with Crippen molar-refractivity contribution in [3.05, 3.63) is 48.2 Å². The van der Waals surface area contributed by atoms with Gasteiger partial charge in [-0.15, -0.1) is 0 Å². The van der Waals surface area contributed by atoms with E-state index in [2.05, 4.69) is 20.1 Å². The van der Waals surface area contributed by atoms with Crippen LogP contribution in [0.3, 0.4) is 0 Å². The Morgan fingerprint density at radius 3 is 2.70 bits per heavy atom. The average Bonchev–Trinajstić information content (AvgIpc) is 3.53. The molecule has 2 heterocycles. The molecule has 1 saturated heterocycles. The van der Waals surface area contributed by atoms with Gasteiger partial charge in [0.2, 0.25) is 5.91 Å². The van der Waals surface area contributed by atoms with Crippen LogP contribution in [0, 0.1) is 5.82 Å². The van der Waals surface area contributed by atoms with Crippen LogP contribution in [0.15, 0.2) is 36.5 Å². The van der Waals surface area contributed by atoms with Crippen molar-refractivity contribution in [2.75, 3.05) is 36.4 Å². The molecule has 0 spiro atoms. The van der Waals surface area contributed by atoms with Crippen molar-refractivity contribution in [1.82, 2.24) is 14.9 Å². The van der Waals surface area contributed by atoms with E-state index >= 15 is 0 Å². The molecule has 6 nitrogen and oxygen atoms in total. The number of carbonyl (C=O) groups is 1. The molecule has 27 heavy (non-hydrogen) atoms. The van der Waals surface area contributed by atoms with E-state index in [9.17, 15) is 9.18 Å². The maximum Gasteiger partial charge on any atom is 0.241 e. The highest BCUT2D eigenvalue weighted by atomic mass is 19.1. The Morgan fingerprint density at radius 1 is 1.22 bits per heavy atom. The predicted octanol–water partition coefficient (Wildman–Crippen LogP) is 2.64. The van der Waals surface area contributed by atoms with Crippen molar-refractivity contribution < 1.29 is 9.18 Å². The number of hydrogen-bond donors (Lipinski definition) is 1. The fourth-order valence-corrected chi connectivity index (χ4v) is 3.40. The topological polar surface area (TPSA) is 61.4 Å². The summed E-state index contributed by atoms with van der Waals surface area (Å²) in [7, 11) is 0. The summed E-state index contributed by atoms with van der Waals surface area (Å²) in [5, 5.41) is 2.79. The molecule has 1 amide bonds. The minimum Gasteiger partial charge on any atom is -0.354 e. The van der Waals surface area contributed by atoms with E-state index < -0.39 is 0 Å². The summed E-state index contributed by atoms with van der Waals surface area (Å²) in [5.74, 6) is 2.00. The summed E-state index contributed by atoms with van der Waals surface area (Å²) >= 11 is 0. The third-order valence-electron chi connectivity index (χ3n) is 5.26. The number of aromatic nitrogens is 2. The Bertz CT molecular complexity index is 818. The molecule has 1 unspecified atom stereocenters. The van der Waals surface area contributed by atoms with Gasteiger partial charge in [-0.1, -0.05) is 6.07 Å². The Kier molecular flexibility index (Phi) is 5.03. The summed E-state index contributed by atoms with van der Waals surface area (Å²) in [4.78, 5) is 26.0. The van der Waals surface area contributed by atoms with Crippen LogP contribution in [0.5, 0.6) is 0 Å². The van der Waals surface area contributed by atoms with Crippen LogP contribution in [0.4, 0.5) is 15.9 Å². The predicted molar refractivity (Wildman–Crippen MR) is 102 cm³/mol. The largest absolute Gasteiger partial charge is 0.354 e. The molecule has 7 heteroatoms. The van der Waals surface area contributed by atoms with Crippen LogP contribution in [-0.4, -0.2) is 53.0 Å². The van der Waals surface area contributed by atoms with Crippen LogP contribution in [0.2, 0.25) is 0 Å². The van der Waals surface area contributed by atoms with E-state index in [1.807, 2.05) is 19.2 Å². The number of piperazine rings is 1. The highest BCUT2D eigenvalue weighted by Crippen LogP contribution is 2.38. The van der Waals surface area contributed by atoms with Gasteiger partial charge in [-0.2, -0.15) is 0 Å². The molecule has 1 aromatic carbocycles. The number of carbonyl (C=O) groups excluding carboxylic acids is 1. The van der Waals surface area contributed by atoms with Gasteiger partial charge in [0, 0.05) is 44.0 Å². The van der Waals surface area contributed by atoms with Gasteiger partial charge in [-0.05, 0) is 44.0 Å². The monoisotopic (exact) mass is 369 g/mol. The second-order valence-electron chi connectivity index (χ2n) is 7.25. The zero-order valence-corrected chi connectivity index (χ0v) is 15.4. The minimum atomic E-state index is -0.357. The molecular weight excluding hydrogens is 345 g/mol. The maximum atomic E-state index is 13.3. The van der Waals surface area contributed by atoms with Crippen LogP contribution < -0.4 is 10.2 Å². The first kappa shape index (κ1) is 17.9. The van der Waals surface area contributed by atoms with Gasteiger partial charge < -0.3 is 10.2 Å². The molecule has 2 aliphatic rings. The van der Waals surface area contributed by atoms with Gasteiger partial charge in [0.1, 0.15) is 17.5 Å². The molecular formula is C20H24FN5O. The fourth-order valence-electron chi connectivity index (χ4n) is 3.40. The van der Waals surface area contributed by atoms with E-state index in [-0.39, 0.29) is 17.8 Å². The van der Waals surface area contributed by atoms with Gasteiger partial charge in [0.25, 0.3) is 0 Å². The first-order chi connectivity index (χ1) is 13.1. The van der Waals surface area contributed by atoms with Gasteiger partial charge in [-0.3, -0.25) is 9.69 Å². The quantitative estimate of drug-likeness (QED) is 0.878. The standard InChI is InChI=1S/C20H24FN5O/c1-14(20(27)23-17-4-2-3-16(21)13-17)25-9-11-26(12-10-25)18-7-8-22-19(24-18)15-5-6-15/h2-4,7-8,13-15H,5-6,9-12H2,1H3,(H,23,27). The lowest BCUT2D eigenvalue weighted by Crippen LogP contribution is -2.53. The summed E-state index contributed by atoms with van der Waals surface area (Å²) in [6.45, 7) is 5.08. The van der Waals surface area contributed by atoms with Crippen molar-refractivity contribution in [1.29, 1.82) is 0 Å². The smallest absolute Gasteiger partial charge is 0.241 e. The van der Waals surface area contributed by atoms with Crippen LogP contribution in [-0.2, 0) is 4.79 Å². The molecule has 0 bridgehead atoms. The molecule has 1 N–H and O–H groups in total. The normalized spacial score (nSPS) is 19.0. The molecule has 1 aliphatic carbocycles. The zero-order chi connectivity index (χ0) is 18.8. The van der Waals surface area contributed by atoms with E-state index in [1.165, 1.54) is 25.0 Å². The molecule has 1 aliphatic heterocycles. The van der Waals surface area contributed by atoms with E-state index in [0.29, 0.717) is 11.6 Å². The lowest BCUT2D eigenvalue weighted by Gasteiger charge is -2.38. The van der Waals surface area contributed by atoms with Gasteiger partial charge in [0.15, 0.2) is 0 Å². The first-order valence-electron chi connectivity index (χ1n) is 9.48. The number of anilines is 2. The van der Waals surface area contributed by atoms with Crippen molar-refractivity contribution in [2.45, 2.75) is 31.7 Å². The lowest BCUT2D eigenvalue weighted by molar-refractivity contribution is -0.120. The Labute approximate surface area is 158 Å². The summed E-state index contributed by atoms with van der Waals surface area (Å²) < 4.78 is 13.3. The number of hydrogen-bond acceptors (Lipinski definition) is 5. The zero-order valence-electron chi connectivity index (χ0n) is 15.4. The third kappa shape index (κ3) is 4.24. The highest BCUT2D eigenvalue weighted by molar-refractivity contribution is 5.94. The molecule has 4 rings (SSSR count). The first-order valence-corrected chi connectivity index (χ1v) is 9.48. The van der Waals surface area contributed by atoms with Crippen molar-refractivity contribution in [3.63, 3.8) is 0 Å². The number of nitrogens with one attached hydrogen (secondary N) is 1. The average molecular weight is 369 g/mol. The van der Waals surface area contributed by atoms with Crippen LogP contribution in [0.25, 0.3) is 0 Å². The number of nitrogens with zero attached hydrogens (tertiary/aromatic N) is 4. The second-order valence-corrected chi connectivity index (χ2v) is 7.25. The number of amides is 1. The van der Waals surface area contributed by atoms with Crippen molar-refractivity contribution >= 4 is 17.4 Å². The number of benzene rings is 1. The second kappa shape index (κ2) is 7.60. The number of halogens is 1. The van der Waals surface area contributed by atoms with E-state index in [4.69, 9.17) is 4.98 Å².